The molecule has 0 atom stereocenters. The van der Waals surface area contributed by atoms with Gasteiger partial charge in [-0.3, -0.25) is 0 Å². The molecule has 0 bridgehead atoms. The molecule has 1 aliphatic heterocycles. The second-order valence-electron chi connectivity index (χ2n) is 3.90. The van der Waals surface area contributed by atoms with Crippen molar-refractivity contribution in [3.8, 4) is 0 Å². The molecule has 0 amide bonds. The second kappa shape index (κ2) is 3.56. The number of hydrogen-bond acceptors (Lipinski definition) is 1. The average Bonchev–Trinajstić information content (AvgIpc) is 2.56. The van der Waals surface area contributed by atoms with Gasteiger partial charge in [0.15, 0.2) is 0 Å². The number of anilines is 1. The second-order valence-corrected chi connectivity index (χ2v) is 3.90. The molecule has 16 heavy (non-hydrogen) atoms. The molecule has 0 saturated carbocycles. The molecular formula is C14H14N2. The molecule has 1 aromatic heterocycles. The van der Waals surface area contributed by atoms with E-state index in [2.05, 4.69) is 71.3 Å². The fourth-order valence-corrected chi connectivity index (χ4v) is 2.17. The largest absolute Gasteiger partial charge is 0.334 e. The minimum absolute atomic E-state index is 0.981. The van der Waals surface area contributed by atoms with Gasteiger partial charge in [0.2, 0.25) is 0 Å². The van der Waals surface area contributed by atoms with Gasteiger partial charge in [-0.25, -0.2) is 0 Å². The van der Waals surface area contributed by atoms with Crippen molar-refractivity contribution in [1.82, 2.24) is 4.57 Å². The molecule has 2 aromatic rings. The monoisotopic (exact) mass is 210 g/mol. The number of allylic oxidation sites excluding steroid dienone is 2. The van der Waals surface area contributed by atoms with E-state index in [0.29, 0.717) is 0 Å². The van der Waals surface area contributed by atoms with Gasteiger partial charge in [-0.1, -0.05) is 18.2 Å². The summed E-state index contributed by atoms with van der Waals surface area (Å²) in [7, 11) is 0. The lowest BCUT2D eigenvalue weighted by Crippen LogP contribution is -2.16. The minimum atomic E-state index is 0.981. The Kier molecular flexibility index (Phi) is 2.07. The van der Waals surface area contributed by atoms with Gasteiger partial charge in [-0.2, -0.15) is 0 Å². The predicted octanol–water partition coefficient (Wildman–Crippen LogP) is 3.47. The average molecular weight is 210 g/mol. The van der Waals surface area contributed by atoms with Gasteiger partial charge in [0.25, 0.3) is 0 Å². The number of fused-ring (bicyclic) bond motifs is 3. The highest BCUT2D eigenvalue weighted by atomic mass is 15.2. The SMILES string of the molecule is CCN1C=CC=Cn2c1cc1ccccc12. The van der Waals surface area contributed by atoms with E-state index in [9.17, 15) is 0 Å². The van der Waals surface area contributed by atoms with Crippen LogP contribution in [0.4, 0.5) is 5.82 Å². The first-order valence-electron chi connectivity index (χ1n) is 5.62. The predicted molar refractivity (Wildman–Crippen MR) is 69.4 cm³/mol. The first kappa shape index (κ1) is 9.28. The van der Waals surface area contributed by atoms with E-state index in [4.69, 9.17) is 0 Å². The summed E-state index contributed by atoms with van der Waals surface area (Å²) in [6.07, 6.45) is 8.38. The van der Waals surface area contributed by atoms with Crippen LogP contribution in [0.3, 0.4) is 0 Å². The molecule has 1 aliphatic rings. The Labute approximate surface area is 95.1 Å². The third-order valence-electron chi connectivity index (χ3n) is 2.97. The number of para-hydroxylation sites is 1. The molecular weight excluding hydrogens is 196 g/mol. The van der Waals surface area contributed by atoms with Crippen molar-refractivity contribution in [1.29, 1.82) is 0 Å². The molecule has 2 heteroatoms. The normalized spacial score (nSPS) is 14.2. The fraction of sp³-hybridized carbons (Fsp3) is 0.143. The highest BCUT2D eigenvalue weighted by Crippen LogP contribution is 2.28. The zero-order chi connectivity index (χ0) is 11.0. The van der Waals surface area contributed by atoms with Crippen LogP contribution in [0, 0.1) is 0 Å². The third kappa shape index (κ3) is 1.27. The smallest absolute Gasteiger partial charge is 0.117 e. The van der Waals surface area contributed by atoms with Crippen LogP contribution < -0.4 is 4.90 Å². The van der Waals surface area contributed by atoms with Crippen LogP contribution >= 0.6 is 0 Å². The lowest BCUT2D eigenvalue weighted by Gasteiger charge is -2.17. The molecule has 0 fully saturated rings. The summed E-state index contributed by atoms with van der Waals surface area (Å²) in [5.41, 5.74) is 1.26. The topological polar surface area (TPSA) is 8.17 Å². The Morgan fingerprint density at radius 3 is 2.75 bits per heavy atom. The Balaban J connectivity index is 2.31. The van der Waals surface area contributed by atoms with E-state index in [0.717, 1.165) is 6.54 Å². The number of benzene rings is 1. The Morgan fingerprint density at radius 2 is 1.88 bits per heavy atom. The van der Waals surface area contributed by atoms with Crippen LogP contribution in [0.2, 0.25) is 0 Å². The number of rotatable bonds is 1. The summed E-state index contributed by atoms with van der Waals surface area (Å²) in [5.74, 6) is 1.23. The minimum Gasteiger partial charge on any atom is -0.334 e. The number of hydrogen-bond donors (Lipinski definition) is 0. The van der Waals surface area contributed by atoms with Crippen molar-refractivity contribution in [3.05, 3.63) is 48.7 Å². The Hall–Kier alpha value is -1.96. The van der Waals surface area contributed by atoms with Crippen LogP contribution in [0.1, 0.15) is 6.92 Å². The van der Waals surface area contributed by atoms with Crippen LogP contribution in [0.25, 0.3) is 17.1 Å². The van der Waals surface area contributed by atoms with E-state index < -0.39 is 0 Å². The van der Waals surface area contributed by atoms with Crippen molar-refractivity contribution in [3.63, 3.8) is 0 Å². The lowest BCUT2D eigenvalue weighted by atomic mass is 10.2. The van der Waals surface area contributed by atoms with E-state index in [-0.39, 0.29) is 0 Å². The molecule has 2 nitrogen and oxygen atoms in total. The lowest BCUT2D eigenvalue weighted by molar-refractivity contribution is 0.973. The Bertz CT molecular complexity index is 575. The summed E-state index contributed by atoms with van der Waals surface area (Å²) >= 11 is 0. The van der Waals surface area contributed by atoms with Gasteiger partial charge in [0.1, 0.15) is 5.82 Å². The molecule has 0 aliphatic carbocycles. The van der Waals surface area contributed by atoms with Crippen LogP contribution in [0.5, 0.6) is 0 Å². The molecule has 0 N–H and O–H groups in total. The van der Waals surface area contributed by atoms with Crippen LogP contribution in [-0.2, 0) is 0 Å². The van der Waals surface area contributed by atoms with Crippen molar-refractivity contribution >= 4 is 22.9 Å². The van der Waals surface area contributed by atoms with Crippen LogP contribution in [0.15, 0.2) is 48.7 Å². The van der Waals surface area contributed by atoms with Crippen molar-refractivity contribution < 1.29 is 0 Å². The highest BCUT2D eigenvalue weighted by molar-refractivity contribution is 5.88. The highest BCUT2D eigenvalue weighted by Gasteiger charge is 2.11. The van der Waals surface area contributed by atoms with Gasteiger partial charge in [-0.15, -0.1) is 0 Å². The van der Waals surface area contributed by atoms with E-state index >= 15 is 0 Å². The molecule has 1 aromatic carbocycles. The fourth-order valence-electron chi connectivity index (χ4n) is 2.17. The van der Waals surface area contributed by atoms with Gasteiger partial charge >= 0.3 is 0 Å². The molecule has 0 unspecified atom stereocenters. The Morgan fingerprint density at radius 1 is 1.06 bits per heavy atom. The summed E-state index contributed by atoms with van der Waals surface area (Å²) in [4.78, 5) is 2.25. The maximum atomic E-state index is 2.25. The summed E-state index contributed by atoms with van der Waals surface area (Å²) in [5, 5.41) is 1.29. The van der Waals surface area contributed by atoms with Gasteiger partial charge in [-0.05, 0) is 31.2 Å². The molecule has 80 valence electrons. The number of nitrogens with zero attached hydrogens (tertiary/aromatic N) is 2. The molecule has 2 heterocycles. The molecule has 0 saturated heterocycles. The molecule has 0 spiro atoms. The maximum absolute atomic E-state index is 2.25. The van der Waals surface area contributed by atoms with Crippen molar-refractivity contribution in [2.24, 2.45) is 0 Å². The van der Waals surface area contributed by atoms with Crippen LogP contribution in [-0.4, -0.2) is 11.1 Å². The zero-order valence-electron chi connectivity index (χ0n) is 9.30. The van der Waals surface area contributed by atoms with Crippen molar-refractivity contribution in [2.75, 3.05) is 11.4 Å². The summed E-state index contributed by atoms with van der Waals surface area (Å²) < 4.78 is 2.23. The van der Waals surface area contributed by atoms with Gasteiger partial charge in [0, 0.05) is 24.3 Å². The first-order chi connectivity index (χ1) is 7.90. The van der Waals surface area contributed by atoms with Gasteiger partial charge < -0.3 is 9.47 Å². The molecule has 0 radical (unpaired) electrons. The summed E-state index contributed by atoms with van der Waals surface area (Å²) in [6.45, 7) is 3.15. The standard InChI is InChI=1S/C14H14N2/c1-2-15-9-5-6-10-16-13-8-4-3-7-12(13)11-14(15)16/h3-11H,2H2,1H3. The number of aromatic nitrogens is 1. The molecule has 3 rings (SSSR count). The maximum Gasteiger partial charge on any atom is 0.117 e. The quantitative estimate of drug-likeness (QED) is 0.699. The first-order valence-corrected chi connectivity index (χ1v) is 5.62. The van der Waals surface area contributed by atoms with E-state index in [1.165, 1.54) is 16.7 Å². The summed E-state index contributed by atoms with van der Waals surface area (Å²) in [6, 6.07) is 10.7. The van der Waals surface area contributed by atoms with Crippen molar-refractivity contribution in [2.45, 2.75) is 6.92 Å². The zero-order valence-corrected chi connectivity index (χ0v) is 9.30. The van der Waals surface area contributed by atoms with Gasteiger partial charge in [0.05, 0.1) is 5.52 Å². The third-order valence-corrected chi connectivity index (χ3v) is 2.97. The van der Waals surface area contributed by atoms with E-state index in [1.54, 1.807) is 0 Å². The van der Waals surface area contributed by atoms with E-state index in [1.807, 2.05) is 0 Å².